The molecule has 0 aliphatic heterocycles. The summed E-state index contributed by atoms with van der Waals surface area (Å²) >= 11 is 7.55. The predicted molar refractivity (Wildman–Crippen MR) is 95.4 cm³/mol. The molecule has 5 nitrogen and oxygen atoms in total. The molecule has 1 atom stereocenters. The van der Waals surface area contributed by atoms with Crippen molar-refractivity contribution in [2.75, 3.05) is 26.4 Å². The van der Waals surface area contributed by atoms with Gasteiger partial charge >= 0.3 is 6.09 Å². The average Bonchev–Trinajstić information content (AvgIpc) is 2.51. The largest absolute Gasteiger partial charge is 0.445 e. The molecule has 0 heterocycles. The minimum Gasteiger partial charge on any atom is -0.445 e. The third kappa shape index (κ3) is 13.5. The number of ether oxygens (including phenoxy) is 3. The van der Waals surface area contributed by atoms with E-state index in [1.807, 2.05) is 6.92 Å². The molecule has 0 aromatic rings. The van der Waals surface area contributed by atoms with Gasteiger partial charge in [-0.1, -0.05) is 45.4 Å². The molecule has 0 aliphatic rings. The molecular weight excluding hydrogens is 322 g/mol. The third-order valence-electron chi connectivity index (χ3n) is 3.22. The highest BCUT2D eigenvalue weighted by atomic mass is 32.2. The number of rotatable bonds is 14. The Kier molecular flexibility index (Phi) is 15.7. The van der Waals surface area contributed by atoms with Crippen LogP contribution >= 0.6 is 25.6 Å². The SMILES string of the molecule is CCCCCCCCC(COC(=O)N(S)S)OCCOCC. The van der Waals surface area contributed by atoms with Gasteiger partial charge < -0.3 is 14.2 Å². The van der Waals surface area contributed by atoms with Crippen LogP contribution in [0.1, 0.15) is 58.8 Å². The summed E-state index contributed by atoms with van der Waals surface area (Å²) in [5, 5.41) is 0. The van der Waals surface area contributed by atoms with Gasteiger partial charge in [0.05, 0.1) is 19.3 Å². The lowest BCUT2D eigenvalue weighted by molar-refractivity contribution is -0.0261. The molecule has 0 saturated carbocycles. The summed E-state index contributed by atoms with van der Waals surface area (Å²) in [6.45, 7) is 6.12. The van der Waals surface area contributed by atoms with E-state index in [9.17, 15) is 4.79 Å². The van der Waals surface area contributed by atoms with Crippen molar-refractivity contribution in [2.45, 2.75) is 64.9 Å². The van der Waals surface area contributed by atoms with Crippen LogP contribution in [0.15, 0.2) is 0 Å². The Hall–Kier alpha value is -0.110. The number of hydrogen-bond acceptors (Lipinski definition) is 6. The molecule has 1 amide bonds. The number of hydrogen-bond donors (Lipinski definition) is 2. The molecule has 0 bridgehead atoms. The number of amides is 1. The topological polar surface area (TPSA) is 48.0 Å². The number of carbonyl (C=O) groups is 1. The van der Waals surface area contributed by atoms with Gasteiger partial charge in [0, 0.05) is 6.61 Å². The van der Waals surface area contributed by atoms with E-state index in [0.717, 1.165) is 16.6 Å². The van der Waals surface area contributed by atoms with Crippen molar-refractivity contribution >= 4 is 31.7 Å². The smallest absolute Gasteiger partial charge is 0.430 e. The molecule has 0 N–H and O–H groups in total. The normalized spacial score (nSPS) is 12.2. The zero-order chi connectivity index (χ0) is 16.6. The first-order valence-corrected chi connectivity index (χ1v) is 8.95. The average molecular weight is 354 g/mol. The Morgan fingerprint density at radius 2 is 1.73 bits per heavy atom. The van der Waals surface area contributed by atoms with Gasteiger partial charge in [0.15, 0.2) is 0 Å². The van der Waals surface area contributed by atoms with Crippen LogP contribution in [0.2, 0.25) is 0 Å². The van der Waals surface area contributed by atoms with Crippen LogP contribution in [0.5, 0.6) is 0 Å². The summed E-state index contributed by atoms with van der Waals surface area (Å²) in [7, 11) is 0. The molecule has 0 aliphatic carbocycles. The number of unbranched alkanes of at least 4 members (excludes halogenated alkanes) is 5. The molecule has 0 fully saturated rings. The highest BCUT2D eigenvalue weighted by molar-refractivity contribution is 7.94. The number of nitrogens with zero attached hydrogens (tertiary/aromatic N) is 1. The standard InChI is InChI=1S/C15H31NO4S2/c1-3-5-6-7-8-9-10-14(19-12-11-18-4-2)13-20-15(17)16(21)22/h14,21-22H,3-13H2,1-2H3. The first-order chi connectivity index (χ1) is 10.6. The van der Waals surface area contributed by atoms with Crippen LogP contribution < -0.4 is 0 Å². The minimum atomic E-state index is -0.590. The van der Waals surface area contributed by atoms with E-state index in [-0.39, 0.29) is 12.7 Å². The van der Waals surface area contributed by atoms with Crippen molar-refractivity contribution in [3.63, 3.8) is 0 Å². The van der Waals surface area contributed by atoms with Gasteiger partial charge in [-0.25, -0.2) is 4.79 Å². The fraction of sp³-hybridized carbons (Fsp3) is 0.933. The number of carbonyl (C=O) groups excluding carboxylic acids is 1. The lowest BCUT2D eigenvalue weighted by Crippen LogP contribution is -2.26. The fourth-order valence-electron chi connectivity index (χ4n) is 2.01. The van der Waals surface area contributed by atoms with Crippen molar-refractivity contribution in [1.82, 2.24) is 3.71 Å². The number of thiol groups is 2. The lowest BCUT2D eigenvalue weighted by atomic mass is 10.1. The van der Waals surface area contributed by atoms with E-state index in [1.165, 1.54) is 32.1 Å². The molecule has 22 heavy (non-hydrogen) atoms. The molecular formula is C15H31NO4S2. The van der Waals surface area contributed by atoms with E-state index < -0.39 is 6.09 Å². The first kappa shape index (κ1) is 21.9. The Bertz CT molecular complexity index is 268. The third-order valence-corrected chi connectivity index (χ3v) is 3.55. The highest BCUT2D eigenvalue weighted by Gasteiger charge is 2.14. The molecule has 0 rings (SSSR count). The van der Waals surface area contributed by atoms with Crippen LogP contribution in [0.4, 0.5) is 4.79 Å². The lowest BCUT2D eigenvalue weighted by Gasteiger charge is -2.19. The Morgan fingerprint density at radius 3 is 2.36 bits per heavy atom. The summed E-state index contributed by atoms with van der Waals surface area (Å²) in [5.74, 6) is 0. The van der Waals surface area contributed by atoms with Crippen molar-refractivity contribution in [3.8, 4) is 0 Å². The molecule has 1 unspecified atom stereocenters. The van der Waals surface area contributed by atoms with E-state index in [2.05, 4.69) is 32.6 Å². The Balaban J connectivity index is 3.91. The summed E-state index contributed by atoms with van der Waals surface area (Å²) in [5.41, 5.74) is 0. The molecule has 0 aromatic heterocycles. The second-order valence-electron chi connectivity index (χ2n) is 5.11. The maximum atomic E-state index is 11.3. The van der Waals surface area contributed by atoms with Gasteiger partial charge in [-0.15, -0.1) is 0 Å². The molecule has 7 heteroatoms. The quantitative estimate of drug-likeness (QED) is 0.361. The van der Waals surface area contributed by atoms with Crippen molar-refractivity contribution in [2.24, 2.45) is 0 Å². The molecule has 0 aromatic carbocycles. The molecule has 0 saturated heterocycles. The highest BCUT2D eigenvalue weighted by Crippen LogP contribution is 2.12. The van der Waals surface area contributed by atoms with Crippen LogP contribution in [0.25, 0.3) is 0 Å². The molecule has 0 radical (unpaired) electrons. The summed E-state index contributed by atoms with van der Waals surface area (Å²) in [6.07, 6.45) is 7.54. The Labute approximate surface area is 146 Å². The summed E-state index contributed by atoms with van der Waals surface area (Å²) in [6, 6.07) is 0. The van der Waals surface area contributed by atoms with E-state index in [4.69, 9.17) is 14.2 Å². The minimum absolute atomic E-state index is 0.0998. The van der Waals surface area contributed by atoms with Crippen LogP contribution in [-0.4, -0.2) is 42.3 Å². The van der Waals surface area contributed by atoms with Gasteiger partial charge in [0.1, 0.15) is 6.61 Å². The van der Waals surface area contributed by atoms with E-state index >= 15 is 0 Å². The second kappa shape index (κ2) is 15.8. The van der Waals surface area contributed by atoms with Crippen molar-refractivity contribution < 1.29 is 19.0 Å². The maximum absolute atomic E-state index is 11.3. The second-order valence-corrected chi connectivity index (χ2v) is 6.23. The van der Waals surface area contributed by atoms with E-state index in [1.54, 1.807) is 0 Å². The van der Waals surface area contributed by atoms with Crippen LogP contribution in [0, 0.1) is 0 Å². The molecule has 0 spiro atoms. The molecule has 132 valence electrons. The van der Waals surface area contributed by atoms with Gasteiger partial charge in [-0.2, -0.15) is 3.71 Å². The maximum Gasteiger partial charge on any atom is 0.430 e. The first-order valence-electron chi connectivity index (χ1n) is 8.15. The zero-order valence-corrected chi connectivity index (χ0v) is 15.6. The Morgan fingerprint density at radius 1 is 1.05 bits per heavy atom. The van der Waals surface area contributed by atoms with Crippen molar-refractivity contribution in [1.29, 1.82) is 0 Å². The monoisotopic (exact) mass is 353 g/mol. The van der Waals surface area contributed by atoms with Gasteiger partial charge in [-0.3, -0.25) is 0 Å². The van der Waals surface area contributed by atoms with E-state index in [0.29, 0.717) is 19.8 Å². The fourth-order valence-corrected chi connectivity index (χ4v) is 2.12. The summed E-state index contributed by atoms with van der Waals surface area (Å²) < 4.78 is 16.9. The van der Waals surface area contributed by atoms with Crippen molar-refractivity contribution in [3.05, 3.63) is 0 Å². The summed E-state index contributed by atoms with van der Waals surface area (Å²) in [4.78, 5) is 11.3. The van der Waals surface area contributed by atoms with Gasteiger partial charge in [0.2, 0.25) is 0 Å². The van der Waals surface area contributed by atoms with Gasteiger partial charge in [0.25, 0.3) is 0 Å². The van der Waals surface area contributed by atoms with Crippen LogP contribution in [0.3, 0.4) is 0 Å². The predicted octanol–water partition coefficient (Wildman–Crippen LogP) is 4.29. The zero-order valence-electron chi connectivity index (χ0n) is 13.8. The van der Waals surface area contributed by atoms with Gasteiger partial charge in [-0.05, 0) is 39.0 Å². The van der Waals surface area contributed by atoms with Crippen LogP contribution in [-0.2, 0) is 14.2 Å².